The number of carbonyl (C=O) groups is 1. The summed E-state index contributed by atoms with van der Waals surface area (Å²) in [6.07, 6.45) is 0. The summed E-state index contributed by atoms with van der Waals surface area (Å²) < 4.78 is 1.64. The normalized spacial score (nSPS) is 10.4. The molecule has 148 valence electrons. The minimum Gasteiger partial charge on any atom is -0.399 e. The van der Waals surface area contributed by atoms with E-state index in [0.717, 1.165) is 21.0 Å². The summed E-state index contributed by atoms with van der Waals surface area (Å²) >= 11 is 1.51. The highest BCUT2D eigenvalue weighted by atomic mass is 32.1. The summed E-state index contributed by atoms with van der Waals surface area (Å²) in [7, 11) is 0. The fraction of sp³-hybridized carbons (Fsp3) is 0.0435. The van der Waals surface area contributed by atoms with Crippen LogP contribution in [0, 0.1) is 18.8 Å². The number of nitrogens with two attached hydrogens (primary N) is 3. The Labute approximate surface area is 177 Å². The molecule has 6 nitrogen and oxygen atoms in total. The molecular weight excluding hydrogens is 394 g/mol. The van der Waals surface area contributed by atoms with Crippen molar-refractivity contribution in [3.05, 3.63) is 82.4 Å². The maximum absolute atomic E-state index is 11.9. The van der Waals surface area contributed by atoms with Crippen LogP contribution in [0.3, 0.4) is 0 Å². The predicted octanol–water partition coefficient (Wildman–Crippen LogP) is 3.57. The van der Waals surface area contributed by atoms with Gasteiger partial charge in [-0.1, -0.05) is 30.0 Å². The third-order valence-electron chi connectivity index (χ3n) is 4.58. The van der Waals surface area contributed by atoms with Crippen LogP contribution >= 0.6 is 11.3 Å². The molecule has 0 atom stereocenters. The molecule has 2 aromatic carbocycles. The van der Waals surface area contributed by atoms with Crippen molar-refractivity contribution in [2.45, 2.75) is 6.92 Å². The largest absolute Gasteiger partial charge is 0.399 e. The molecule has 0 spiro atoms. The summed E-state index contributed by atoms with van der Waals surface area (Å²) in [4.78, 5) is 13.7. The predicted molar refractivity (Wildman–Crippen MR) is 121 cm³/mol. The van der Waals surface area contributed by atoms with Gasteiger partial charge in [-0.05, 0) is 49.4 Å². The summed E-state index contributed by atoms with van der Waals surface area (Å²) in [5, 5.41) is 4.44. The molecule has 0 radical (unpaired) electrons. The Balaban J connectivity index is 1.82. The van der Waals surface area contributed by atoms with Crippen LogP contribution in [-0.4, -0.2) is 15.7 Å². The van der Waals surface area contributed by atoms with E-state index < -0.39 is 5.91 Å². The van der Waals surface area contributed by atoms with Crippen molar-refractivity contribution >= 4 is 28.6 Å². The number of hydrogen-bond acceptors (Lipinski definition) is 5. The number of nitrogen functional groups attached to an aromatic ring is 2. The van der Waals surface area contributed by atoms with E-state index in [-0.39, 0.29) is 5.69 Å². The van der Waals surface area contributed by atoms with E-state index in [9.17, 15) is 4.79 Å². The second-order valence-electron chi connectivity index (χ2n) is 6.70. The molecule has 0 bridgehead atoms. The first-order valence-corrected chi connectivity index (χ1v) is 9.98. The van der Waals surface area contributed by atoms with Crippen LogP contribution < -0.4 is 17.2 Å². The van der Waals surface area contributed by atoms with E-state index in [0.29, 0.717) is 22.6 Å². The van der Waals surface area contributed by atoms with Gasteiger partial charge >= 0.3 is 0 Å². The molecule has 0 saturated heterocycles. The van der Waals surface area contributed by atoms with Crippen molar-refractivity contribution in [2.75, 3.05) is 11.5 Å². The number of hydrogen-bond donors (Lipinski definition) is 3. The quantitative estimate of drug-likeness (QED) is 0.352. The maximum atomic E-state index is 11.9. The lowest BCUT2D eigenvalue weighted by Gasteiger charge is -2.10. The van der Waals surface area contributed by atoms with Gasteiger partial charge in [0.15, 0.2) is 5.69 Å². The van der Waals surface area contributed by atoms with E-state index in [2.05, 4.69) is 16.9 Å². The number of nitrogens with zero attached hydrogens (tertiary/aromatic N) is 2. The molecule has 0 aliphatic heterocycles. The molecule has 2 aromatic heterocycles. The number of thiophene rings is 1. The second-order valence-corrected chi connectivity index (χ2v) is 7.78. The number of amides is 1. The van der Waals surface area contributed by atoms with Crippen molar-refractivity contribution in [1.82, 2.24) is 9.78 Å². The lowest BCUT2D eigenvalue weighted by atomic mass is 10.1. The van der Waals surface area contributed by atoms with E-state index in [1.807, 2.05) is 49.4 Å². The minimum atomic E-state index is -0.595. The lowest BCUT2D eigenvalue weighted by molar-refractivity contribution is 0.0994. The van der Waals surface area contributed by atoms with Crippen molar-refractivity contribution in [3.63, 3.8) is 0 Å². The minimum absolute atomic E-state index is 0.201. The molecule has 30 heavy (non-hydrogen) atoms. The van der Waals surface area contributed by atoms with Gasteiger partial charge in [-0.3, -0.25) is 4.79 Å². The highest BCUT2D eigenvalue weighted by Gasteiger charge is 2.22. The number of rotatable bonds is 3. The van der Waals surface area contributed by atoms with Gasteiger partial charge in [0.05, 0.1) is 26.8 Å². The van der Waals surface area contributed by atoms with E-state index in [1.165, 1.54) is 11.3 Å². The topological polar surface area (TPSA) is 113 Å². The Morgan fingerprint density at radius 3 is 2.50 bits per heavy atom. The fourth-order valence-corrected chi connectivity index (χ4v) is 4.09. The van der Waals surface area contributed by atoms with Gasteiger partial charge in [-0.15, -0.1) is 11.3 Å². The Morgan fingerprint density at radius 2 is 1.80 bits per heavy atom. The van der Waals surface area contributed by atoms with Crippen molar-refractivity contribution in [2.24, 2.45) is 5.73 Å². The van der Waals surface area contributed by atoms with Gasteiger partial charge in [0.2, 0.25) is 0 Å². The molecule has 6 N–H and O–H groups in total. The molecular formula is C23H19N5OS. The number of primary amides is 1. The van der Waals surface area contributed by atoms with E-state index in [4.69, 9.17) is 17.2 Å². The average Bonchev–Trinajstić information content (AvgIpc) is 3.31. The Morgan fingerprint density at radius 1 is 1.03 bits per heavy atom. The number of aromatic nitrogens is 2. The zero-order valence-corrected chi connectivity index (χ0v) is 17.0. The van der Waals surface area contributed by atoms with Crippen LogP contribution in [-0.2, 0) is 0 Å². The summed E-state index contributed by atoms with van der Waals surface area (Å²) in [5.41, 5.74) is 21.8. The third-order valence-corrected chi connectivity index (χ3v) is 5.59. The second kappa shape index (κ2) is 7.78. The first-order chi connectivity index (χ1) is 14.4. The van der Waals surface area contributed by atoms with Gasteiger partial charge in [0.25, 0.3) is 5.91 Å². The third kappa shape index (κ3) is 3.64. The van der Waals surface area contributed by atoms with Gasteiger partial charge in [0.1, 0.15) is 0 Å². The highest BCUT2D eigenvalue weighted by molar-refractivity contribution is 7.16. The lowest BCUT2D eigenvalue weighted by Crippen LogP contribution is -2.13. The monoisotopic (exact) mass is 413 g/mol. The van der Waals surface area contributed by atoms with Crippen molar-refractivity contribution in [3.8, 4) is 28.1 Å². The van der Waals surface area contributed by atoms with Crippen LogP contribution in [0.15, 0.2) is 60.7 Å². The molecule has 0 saturated carbocycles. The Kier molecular flexibility index (Phi) is 5.00. The van der Waals surface area contributed by atoms with Crippen molar-refractivity contribution < 1.29 is 4.79 Å². The van der Waals surface area contributed by atoms with Crippen molar-refractivity contribution in [1.29, 1.82) is 0 Å². The number of benzene rings is 2. The Hall–Kier alpha value is -4.02. The number of anilines is 2. The first kappa shape index (κ1) is 19.3. The van der Waals surface area contributed by atoms with Crippen LogP contribution in [0.25, 0.3) is 16.3 Å². The van der Waals surface area contributed by atoms with Crippen LogP contribution in [0.2, 0.25) is 0 Å². The smallest absolute Gasteiger partial charge is 0.269 e. The van der Waals surface area contributed by atoms with E-state index in [1.54, 1.807) is 22.9 Å². The maximum Gasteiger partial charge on any atom is 0.269 e. The van der Waals surface area contributed by atoms with Gasteiger partial charge in [-0.2, -0.15) is 5.10 Å². The van der Waals surface area contributed by atoms with Gasteiger partial charge in [-0.25, -0.2) is 4.68 Å². The average molecular weight is 414 g/mol. The molecule has 0 aliphatic carbocycles. The molecule has 2 heterocycles. The number of carbonyl (C=O) groups excluding carboxylic acids is 1. The van der Waals surface area contributed by atoms with Gasteiger partial charge < -0.3 is 17.2 Å². The SMILES string of the molecule is Cc1c(C(N)=O)nn(-c2ccc(N)cc2N)c1-c1ccc(C#Cc2ccccc2)s1. The molecule has 0 fully saturated rings. The molecule has 4 rings (SSSR count). The highest BCUT2D eigenvalue weighted by Crippen LogP contribution is 2.35. The summed E-state index contributed by atoms with van der Waals surface area (Å²) in [5.74, 6) is 5.74. The first-order valence-electron chi connectivity index (χ1n) is 9.16. The molecule has 4 aromatic rings. The Bertz CT molecular complexity index is 1310. The summed E-state index contributed by atoms with van der Waals surface area (Å²) in [6, 6.07) is 18.9. The van der Waals surface area contributed by atoms with Crippen LogP contribution in [0.5, 0.6) is 0 Å². The van der Waals surface area contributed by atoms with Crippen LogP contribution in [0.1, 0.15) is 26.5 Å². The van der Waals surface area contributed by atoms with Crippen LogP contribution in [0.4, 0.5) is 11.4 Å². The molecule has 0 unspecified atom stereocenters. The molecule has 7 heteroatoms. The van der Waals surface area contributed by atoms with Gasteiger partial charge in [0, 0.05) is 16.8 Å². The molecule has 0 aliphatic rings. The standard InChI is InChI=1S/C23H19N5OS/c1-14-21(23(26)29)27-28(19-11-8-16(24)13-18(19)25)22(14)20-12-10-17(30-20)9-7-15-5-3-2-4-6-15/h2-6,8,10-13H,24-25H2,1H3,(H2,26,29). The van der Waals surface area contributed by atoms with E-state index >= 15 is 0 Å². The molecule has 1 amide bonds. The summed E-state index contributed by atoms with van der Waals surface area (Å²) in [6.45, 7) is 1.82. The zero-order valence-electron chi connectivity index (χ0n) is 16.2. The fourth-order valence-electron chi connectivity index (χ4n) is 3.15. The zero-order chi connectivity index (χ0) is 21.3.